The van der Waals surface area contributed by atoms with Gasteiger partial charge in [0, 0.05) is 47.8 Å². The molecule has 0 N–H and O–H groups in total. The minimum Gasteiger partial charge on any atom is -0.295 e. The molecule has 4 heterocycles. The van der Waals surface area contributed by atoms with Crippen LogP contribution in [-0.4, -0.2) is 19.9 Å². The number of anilines is 9. The Kier molecular flexibility index (Phi) is 27.3. The monoisotopic (exact) mass is 1090 g/mol. The van der Waals surface area contributed by atoms with Gasteiger partial charge in [-0.25, -0.2) is 19.9 Å². The van der Waals surface area contributed by atoms with E-state index in [1.54, 1.807) is 0 Å². The van der Waals surface area contributed by atoms with Crippen molar-refractivity contribution in [2.45, 2.75) is 234 Å². The first-order chi connectivity index (χ1) is 39.9. The van der Waals surface area contributed by atoms with Gasteiger partial charge in [-0.15, -0.1) is 0 Å². The van der Waals surface area contributed by atoms with Crippen molar-refractivity contribution in [2.75, 3.05) is 14.7 Å². The van der Waals surface area contributed by atoms with Crippen molar-refractivity contribution in [1.82, 2.24) is 19.9 Å². The molecule has 0 bridgehead atoms. The number of pyridine rings is 4. The van der Waals surface area contributed by atoms with Crippen LogP contribution in [0.3, 0.4) is 0 Å². The van der Waals surface area contributed by atoms with E-state index in [1.807, 2.05) is 0 Å². The zero-order valence-corrected chi connectivity index (χ0v) is 51.1. The zero-order valence-electron chi connectivity index (χ0n) is 51.1. The lowest BCUT2D eigenvalue weighted by Gasteiger charge is -2.31. The van der Waals surface area contributed by atoms with Crippen LogP contribution in [0.25, 0.3) is 0 Å². The van der Waals surface area contributed by atoms with E-state index in [4.69, 9.17) is 19.9 Å². The molecule has 0 saturated heterocycles. The lowest BCUT2D eigenvalue weighted by Crippen LogP contribution is -2.19. The van der Waals surface area contributed by atoms with Crippen LogP contribution in [0.4, 0.5) is 51.8 Å². The van der Waals surface area contributed by atoms with E-state index >= 15 is 0 Å². The smallest absolute Gasteiger partial charge is 0.143 e. The number of nitrogens with zero attached hydrogens (tertiary/aromatic N) is 7. The van der Waals surface area contributed by atoms with Crippen molar-refractivity contribution in [2.24, 2.45) is 0 Å². The Morgan fingerprint density at radius 2 is 0.481 bits per heavy atom. The van der Waals surface area contributed by atoms with Crippen molar-refractivity contribution < 1.29 is 0 Å². The van der Waals surface area contributed by atoms with Gasteiger partial charge in [-0.05, 0) is 165 Å². The van der Waals surface area contributed by atoms with Crippen LogP contribution in [0, 0.1) is 0 Å². The van der Waals surface area contributed by atoms with Crippen LogP contribution < -0.4 is 14.7 Å². The highest BCUT2D eigenvalue weighted by Gasteiger charge is 2.25. The first-order valence-corrected chi connectivity index (χ1v) is 32.5. The molecule has 0 aliphatic heterocycles. The standard InChI is InChI=1S/C74H101N7/c1-7-13-19-25-31-60-37-46-66(47-38-60)79(70-52-43-63(57-75-70)34-28-22-16-10-4)69-55-73(80(67-48-39-61(40-49-67)32-26-20-14-8-2)71-53-44-64(58-76-71)35-29-23-17-11-5)78-74(56-69)81(68-50-41-62(42-51-68)33-27-21-15-9-3)72-54-45-65(59-77-72)36-30-24-18-12-6/h37-59H,7-36H2,1-6H3. The lowest BCUT2D eigenvalue weighted by molar-refractivity contribution is 0.666. The molecule has 0 atom stereocenters. The molecule has 4 aromatic heterocycles. The van der Waals surface area contributed by atoms with Crippen molar-refractivity contribution in [3.05, 3.63) is 173 Å². The van der Waals surface area contributed by atoms with Crippen molar-refractivity contribution in [3.63, 3.8) is 0 Å². The van der Waals surface area contributed by atoms with E-state index in [9.17, 15) is 0 Å². The van der Waals surface area contributed by atoms with Crippen LogP contribution in [0.1, 0.15) is 229 Å². The highest BCUT2D eigenvalue weighted by atomic mass is 15.3. The summed E-state index contributed by atoms with van der Waals surface area (Å²) in [4.78, 5) is 28.7. The molecule has 3 aromatic carbocycles. The number of rotatable bonds is 39. The molecule has 0 aliphatic rings. The second kappa shape index (κ2) is 35.5. The van der Waals surface area contributed by atoms with Gasteiger partial charge in [0.05, 0.1) is 5.69 Å². The quantitative estimate of drug-likeness (QED) is 0.0356. The Morgan fingerprint density at radius 1 is 0.235 bits per heavy atom. The minimum absolute atomic E-state index is 0.761. The Labute approximate surface area is 491 Å². The van der Waals surface area contributed by atoms with Gasteiger partial charge in [0.2, 0.25) is 0 Å². The van der Waals surface area contributed by atoms with Gasteiger partial charge in [-0.1, -0.05) is 212 Å². The van der Waals surface area contributed by atoms with E-state index in [0.29, 0.717) is 0 Å². The average molecular weight is 1090 g/mol. The third-order valence-corrected chi connectivity index (χ3v) is 16.1. The molecule has 7 rings (SSSR count). The van der Waals surface area contributed by atoms with E-state index in [0.717, 1.165) is 90.4 Å². The molecule has 7 nitrogen and oxygen atoms in total. The number of aromatic nitrogens is 4. The molecule has 0 radical (unpaired) electrons. The van der Waals surface area contributed by atoms with E-state index in [2.05, 4.69) is 196 Å². The molecule has 7 heteroatoms. The second-order valence-corrected chi connectivity index (χ2v) is 23.0. The van der Waals surface area contributed by atoms with Crippen LogP contribution in [-0.2, 0) is 38.5 Å². The van der Waals surface area contributed by atoms with Crippen LogP contribution in [0.15, 0.2) is 140 Å². The van der Waals surface area contributed by atoms with Crippen molar-refractivity contribution in [3.8, 4) is 0 Å². The third-order valence-electron chi connectivity index (χ3n) is 16.1. The number of unbranched alkanes of at least 4 members (excludes halogenated alkanes) is 18. The summed E-state index contributed by atoms with van der Waals surface area (Å²) in [5.74, 6) is 4.04. The van der Waals surface area contributed by atoms with Gasteiger partial charge in [0.1, 0.15) is 29.1 Å². The third kappa shape index (κ3) is 20.0. The van der Waals surface area contributed by atoms with Gasteiger partial charge in [0.25, 0.3) is 0 Å². The predicted molar refractivity (Wildman–Crippen MR) is 349 cm³/mol. The summed E-state index contributed by atoms with van der Waals surface area (Å²) < 4.78 is 0. The first kappa shape index (κ1) is 62.3. The van der Waals surface area contributed by atoms with Gasteiger partial charge in [0.15, 0.2) is 0 Å². The first-order valence-electron chi connectivity index (χ1n) is 32.5. The van der Waals surface area contributed by atoms with Crippen molar-refractivity contribution >= 4 is 51.8 Å². The number of benzene rings is 3. The zero-order chi connectivity index (χ0) is 56.7. The minimum atomic E-state index is 0.761. The maximum atomic E-state index is 5.83. The molecule has 0 spiro atoms. The van der Waals surface area contributed by atoms with Crippen molar-refractivity contribution in [1.29, 1.82) is 0 Å². The summed E-state index contributed by atoms with van der Waals surface area (Å²) in [6.45, 7) is 13.7. The fourth-order valence-corrected chi connectivity index (χ4v) is 11.1. The van der Waals surface area contributed by atoms with Gasteiger partial charge < -0.3 is 0 Å². The lowest BCUT2D eigenvalue weighted by atomic mass is 10.1. The summed E-state index contributed by atoms with van der Waals surface area (Å²) in [5.41, 5.74) is 11.9. The van der Waals surface area contributed by atoms with E-state index in [-0.39, 0.29) is 0 Å². The molecule has 81 heavy (non-hydrogen) atoms. The number of hydrogen-bond acceptors (Lipinski definition) is 7. The topological polar surface area (TPSA) is 61.3 Å². The highest BCUT2D eigenvalue weighted by molar-refractivity contribution is 5.84. The molecular weight excluding hydrogens is 987 g/mol. The molecule has 0 amide bonds. The average Bonchev–Trinajstić information content (AvgIpc) is 3.65. The molecule has 0 fully saturated rings. The molecule has 7 aromatic rings. The van der Waals surface area contributed by atoms with Gasteiger partial charge in [-0.2, -0.15) is 0 Å². The summed E-state index contributed by atoms with van der Waals surface area (Å²) in [5, 5.41) is 0. The molecule has 0 unspecified atom stereocenters. The summed E-state index contributed by atoms with van der Waals surface area (Å²) in [6.07, 6.45) is 42.1. The Morgan fingerprint density at radius 3 is 0.741 bits per heavy atom. The number of hydrogen-bond donors (Lipinski definition) is 0. The fourth-order valence-electron chi connectivity index (χ4n) is 11.1. The fraction of sp³-hybridized carbons (Fsp3) is 0.486. The molecule has 0 aliphatic carbocycles. The van der Waals surface area contributed by atoms with Gasteiger partial charge >= 0.3 is 0 Å². The number of aryl methyl sites for hydroxylation is 6. The second-order valence-electron chi connectivity index (χ2n) is 23.0. The maximum absolute atomic E-state index is 5.83. The molecule has 432 valence electrons. The largest absolute Gasteiger partial charge is 0.295 e. The normalized spacial score (nSPS) is 11.3. The van der Waals surface area contributed by atoms with Crippen LogP contribution in [0.2, 0.25) is 0 Å². The van der Waals surface area contributed by atoms with Crippen LogP contribution in [0.5, 0.6) is 0 Å². The predicted octanol–water partition coefficient (Wildman–Crippen LogP) is 22.4. The Bertz CT molecular complexity index is 2280. The highest BCUT2D eigenvalue weighted by Crippen LogP contribution is 2.44. The van der Waals surface area contributed by atoms with Gasteiger partial charge in [-0.3, -0.25) is 14.7 Å². The van der Waals surface area contributed by atoms with E-state index < -0.39 is 0 Å². The Hall–Kier alpha value is -6.34. The Balaban J connectivity index is 1.44. The summed E-state index contributed by atoms with van der Waals surface area (Å²) in [7, 11) is 0. The molecular formula is C74H101N7. The van der Waals surface area contributed by atoms with E-state index in [1.165, 1.54) is 187 Å². The summed E-state index contributed by atoms with van der Waals surface area (Å²) in [6, 6.07) is 45.6. The SMILES string of the molecule is CCCCCCc1ccc(N(c2cc(N(c3ccc(CCCCCC)cc3)c3ccc(CCCCCC)cn3)nc(N(c3ccc(CCCCCC)cc3)c3ccc(CCCCCC)cn3)c2)c2ccc(CCCCCC)cn2)cc1. The molecule has 0 saturated carbocycles. The maximum Gasteiger partial charge on any atom is 0.143 e. The summed E-state index contributed by atoms with van der Waals surface area (Å²) >= 11 is 0. The van der Waals surface area contributed by atoms with Crippen LogP contribution >= 0.6 is 0 Å².